The van der Waals surface area contributed by atoms with E-state index in [1.54, 1.807) is 13.0 Å². The Balaban J connectivity index is 2.64. The van der Waals surface area contributed by atoms with Crippen molar-refractivity contribution >= 4 is 31.9 Å². The average molecular weight is 366 g/mol. The van der Waals surface area contributed by atoms with Crippen LogP contribution < -0.4 is 10.0 Å². The molecule has 0 fully saturated rings. The third-order valence-electron chi connectivity index (χ3n) is 2.62. The number of carbonyl (C=O) groups is 1. The number of sulfonamides is 1. The Kier molecular flexibility index (Phi) is 6.22. The number of hydrogen-bond donors (Lipinski definition) is 2. The van der Waals surface area contributed by atoms with Gasteiger partial charge in [0, 0.05) is 29.8 Å². The van der Waals surface area contributed by atoms with Crippen molar-refractivity contribution in [2.45, 2.75) is 26.8 Å². The molecule has 1 heterocycles. The van der Waals surface area contributed by atoms with Gasteiger partial charge in [0.05, 0.1) is 5.75 Å². The lowest BCUT2D eigenvalue weighted by molar-refractivity contribution is 0.0945. The third-order valence-corrected chi connectivity index (χ3v) is 4.53. The van der Waals surface area contributed by atoms with Gasteiger partial charge in [0.2, 0.25) is 10.0 Å². The van der Waals surface area contributed by atoms with Gasteiger partial charge in [-0.05, 0) is 35.8 Å². The van der Waals surface area contributed by atoms with Gasteiger partial charge in [-0.1, -0.05) is 6.92 Å². The van der Waals surface area contributed by atoms with Gasteiger partial charge in [0.25, 0.3) is 5.91 Å². The Bertz CT molecular complexity index is 567. The minimum Gasteiger partial charge on any atom is -0.350 e. The minimum absolute atomic E-state index is 0.0784. The summed E-state index contributed by atoms with van der Waals surface area (Å²) in [4.78, 5) is 12.1. The molecule has 114 valence electrons. The topological polar surface area (TPSA) is 80.2 Å². The fraction of sp³-hybridized carbons (Fsp3) is 0.583. The van der Waals surface area contributed by atoms with E-state index < -0.39 is 10.0 Å². The van der Waals surface area contributed by atoms with Crippen LogP contribution in [0.25, 0.3) is 0 Å². The number of rotatable bonds is 7. The van der Waals surface area contributed by atoms with Crippen molar-refractivity contribution in [3.63, 3.8) is 0 Å². The summed E-state index contributed by atoms with van der Waals surface area (Å²) in [6, 6.07) is 1.86. The first-order valence-electron chi connectivity index (χ1n) is 6.39. The van der Waals surface area contributed by atoms with Gasteiger partial charge in [-0.25, -0.2) is 13.1 Å². The van der Waals surface area contributed by atoms with Crippen LogP contribution in [0, 0.1) is 0 Å². The highest BCUT2D eigenvalue weighted by atomic mass is 79.9. The molecule has 0 spiro atoms. The first kappa shape index (κ1) is 17.2. The molecule has 0 unspecified atom stereocenters. The first-order chi connectivity index (χ1) is 9.26. The third kappa shape index (κ3) is 4.92. The van der Waals surface area contributed by atoms with E-state index in [0.29, 0.717) is 12.2 Å². The summed E-state index contributed by atoms with van der Waals surface area (Å²) in [5.74, 6) is -0.410. The van der Waals surface area contributed by atoms with E-state index in [4.69, 9.17) is 0 Å². The lowest BCUT2D eigenvalue weighted by Gasteiger charge is -2.12. The largest absolute Gasteiger partial charge is 0.350 e. The number of aromatic nitrogens is 1. The molecule has 1 amide bonds. The van der Waals surface area contributed by atoms with Gasteiger partial charge >= 0.3 is 0 Å². The Morgan fingerprint density at radius 2 is 2.10 bits per heavy atom. The predicted molar refractivity (Wildman–Crippen MR) is 82.3 cm³/mol. The highest BCUT2D eigenvalue weighted by Crippen LogP contribution is 2.19. The smallest absolute Gasteiger partial charge is 0.267 e. The molecule has 20 heavy (non-hydrogen) atoms. The van der Waals surface area contributed by atoms with Crippen LogP contribution in [0.2, 0.25) is 0 Å². The second-order valence-electron chi connectivity index (χ2n) is 4.62. The van der Waals surface area contributed by atoms with Gasteiger partial charge < -0.3 is 9.88 Å². The molecule has 6 nitrogen and oxygen atoms in total. The molecule has 1 aromatic rings. The maximum absolute atomic E-state index is 12.1. The molecule has 0 saturated heterocycles. The van der Waals surface area contributed by atoms with Gasteiger partial charge in [-0.15, -0.1) is 0 Å². The maximum Gasteiger partial charge on any atom is 0.267 e. The van der Waals surface area contributed by atoms with E-state index in [1.807, 2.05) is 24.6 Å². The Labute approximate surface area is 128 Å². The average Bonchev–Trinajstić information content (AvgIpc) is 2.71. The standard InChI is InChI=1S/C12H20BrN3O3S/c1-4-15-20(18,19)6-5-14-12(17)11-7-10(13)8-16(11)9(2)3/h7-9,15H,4-6H2,1-3H3,(H,14,17). The van der Waals surface area contributed by atoms with Crippen LogP contribution in [-0.2, 0) is 10.0 Å². The molecule has 0 radical (unpaired) electrons. The predicted octanol–water partition coefficient (Wildman–Crippen LogP) is 1.50. The molecule has 0 aliphatic heterocycles. The molecule has 0 atom stereocenters. The molecule has 8 heteroatoms. The number of amides is 1. The van der Waals surface area contributed by atoms with Gasteiger partial charge in [-0.2, -0.15) is 0 Å². The van der Waals surface area contributed by atoms with Crippen LogP contribution in [0.4, 0.5) is 0 Å². The summed E-state index contributed by atoms with van der Waals surface area (Å²) in [5, 5.41) is 2.62. The zero-order valence-corrected chi connectivity index (χ0v) is 14.2. The summed E-state index contributed by atoms with van der Waals surface area (Å²) in [5.41, 5.74) is 0.507. The van der Waals surface area contributed by atoms with Crippen molar-refractivity contribution in [2.75, 3.05) is 18.8 Å². The maximum atomic E-state index is 12.1. The van der Waals surface area contributed by atoms with E-state index in [2.05, 4.69) is 26.0 Å². The van der Waals surface area contributed by atoms with Crippen molar-refractivity contribution in [2.24, 2.45) is 0 Å². The highest BCUT2D eigenvalue weighted by molar-refractivity contribution is 9.10. The molecular weight excluding hydrogens is 346 g/mol. The van der Waals surface area contributed by atoms with Crippen LogP contribution >= 0.6 is 15.9 Å². The number of carbonyl (C=O) groups excluding carboxylic acids is 1. The van der Waals surface area contributed by atoms with E-state index in [9.17, 15) is 13.2 Å². The van der Waals surface area contributed by atoms with Crippen molar-refractivity contribution in [3.8, 4) is 0 Å². The monoisotopic (exact) mass is 365 g/mol. The van der Waals surface area contributed by atoms with E-state index in [1.165, 1.54) is 0 Å². The fourth-order valence-corrected chi connectivity index (χ4v) is 3.13. The Morgan fingerprint density at radius 1 is 1.45 bits per heavy atom. The normalized spacial score (nSPS) is 11.8. The quantitative estimate of drug-likeness (QED) is 0.768. The highest BCUT2D eigenvalue weighted by Gasteiger charge is 2.15. The lowest BCUT2D eigenvalue weighted by Crippen LogP contribution is -2.35. The van der Waals surface area contributed by atoms with Crippen LogP contribution in [-0.4, -0.2) is 37.7 Å². The van der Waals surface area contributed by atoms with Crippen LogP contribution in [0.15, 0.2) is 16.7 Å². The van der Waals surface area contributed by atoms with Crippen LogP contribution in [0.3, 0.4) is 0 Å². The van der Waals surface area contributed by atoms with Crippen molar-refractivity contribution in [1.82, 2.24) is 14.6 Å². The second kappa shape index (κ2) is 7.24. The fourth-order valence-electron chi connectivity index (χ4n) is 1.74. The number of hydrogen-bond acceptors (Lipinski definition) is 3. The lowest BCUT2D eigenvalue weighted by atomic mass is 10.3. The first-order valence-corrected chi connectivity index (χ1v) is 8.84. The van der Waals surface area contributed by atoms with E-state index in [-0.39, 0.29) is 24.2 Å². The molecular formula is C12H20BrN3O3S. The number of halogens is 1. The number of nitrogens with one attached hydrogen (secondary N) is 2. The van der Waals surface area contributed by atoms with Crippen molar-refractivity contribution in [3.05, 3.63) is 22.4 Å². The summed E-state index contributed by atoms with van der Waals surface area (Å²) in [6.07, 6.45) is 1.83. The van der Waals surface area contributed by atoms with Crippen molar-refractivity contribution in [1.29, 1.82) is 0 Å². The summed E-state index contributed by atoms with van der Waals surface area (Å²) < 4.78 is 27.9. The molecule has 1 aromatic heterocycles. The minimum atomic E-state index is -3.31. The molecule has 0 aliphatic carbocycles. The van der Waals surface area contributed by atoms with Gasteiger partial charge in [0.15, 0.2) is 0 Å². The Morgan fingerprint density at radius 3 is 2.65 bits per heavy atom. The number of nitrogens with zero attached hydrogens (tertiary/aromatic N) is 1. The SMILES string of the molecule is CCNS(=O)(=O)CCNC(=O)c1cc(Br)cn1C(C)C. The molecule has 0 aromatic carbocycles. The summed E-state index contributed by atoms with van der Waals surface area (Å²) in [7, 11) is -3.31. The van der Waals surface area contributed by atoms with Gasteiger partial charge in [0.1, 0.15) is 5.69 Å². The molecule has 2 N–H and O–H groups in total. The second-order valence-corrected chi connectivity index (χ2v) is 7.46. The molecule has 0 bridgehead atoms. The van der Waals surface area contributed by atoms with E-state index in [0.717, 1.165) is 4.47 Å². The molecule has 0 aliphatic rings. The Hall–Kier alpha value is -0.860. The summed E-state index contributed by atoms with van der Waals surface area (Å²) in [6.45, 7) is 6.08. The van der Waals surface area contributed by atoms with E-state index >= 15 is 0 Å². The van der Waals surface area contributed by atoms with Crippen LogP contribution in [0.1, 0.15) is 37.3 Å². The van der Waals surface area contributed by atoms with Crippen molar-refractivity contribution < 1.29 is 13.2 Å². The zero-order chi connectivity index (χ0) is 15.3. The van der Waals surface area contributed by atoms with Gasteiger partial charge in [-0.3, -0.25) is 4.79 Å². The summed E-state index contributed by atoms with van der Waals surface area (Å²) >= 11 is 3.33. The molecule has 0 saturated carbocycles. The van der Waals surface area contributed by atoms with Crippen LogP contribution in [0.5, 0.6) is 0 Å². The molecule has 1 rings (SSSR count). The zero-order valence-electron chi connectivity index (χ0n) is 11.8.